The number of anilines is 1. The van der Waals surface area contributed by atoms with Gasteiger partial charge in [0.2, 0.25) is 0 Å². The van der Waals surface area contributed by atoms with Crippen molar-refractivity contribution in [3.63, 3.8) is 0 Å². The number of fused-ring (bicyclic) bond motifs is 1. The molecule has 2 heterocycles. The summed E-state index contributed by atoms with van der Waals surface area (Å²) in [6.45, 7) is 1.80. The quantitative estimate of drug-likeness (QED) is 0.233. The number of H-pyrrole nitrogens is 2. The van der Waals surface area contributed by atoms with Crippen molar-refractivity contribution in [3.05, 3.63) is 102 Å². The first kappa shape index (κ1) is 21.2. The van der Waals surface area contributed by atoms with Crippen LogP contribution in [-0.4, -0.2) is 27.5 Å². The van der Waals surface area contributed by atoms with Gasteiger partial charge in [0.15, 0.2) is 4.77 Å². The Bertz CT molecular complexity index is 1360. The van der Waals surface area contributed by atoms with Crippen LogP contribution in [0.1, 0.15) is 29.5 Å². The zero-order valence-electron chi connectivity index (χ0n) is 16.9. The van der Waals surface area contributed by atoms with E-state index in [4.69, 9.17) is 17.0 Å². The summed E-state index contributed by atoms with van der Waals surface area (Å²) < 4.78 is 5.43. The Morgan fingerprint density at radius 1 is 1.16 bits per heavy atom. The molecule has 3 aromatic rings. The highest BCUT2D eigenvalue weighted by atomic mass is 32.1. The van der Waals surface area contributed by atoms with Crippen LogP contribution in [0, 0.1) is 14.9 Å². The maximum Gasteiger partial charge on any atom is 0.337 e. The first-order valence-corrected chi connectivity index (χ1v) is 10.2. The van der Waals surface area contributed by atoms with E-state index in [0.717, 1.165) is 0 Å². The number of hydrogen-bond acceptors (Lipinski definition) is 7. The zero-order chi connectivity index (χ0) is 22.8. The summed E-state index contributed by atoms with van der Waals surface area (Å²) in [5.41, 5.74) is 1.17. The lowest BCUT2D eigenvalue weighted by molar-refractivity contribution is -0.384. The van der Waals surface area contributed by atoms with Crippen LogP contribution < -0.4 is 10.9 Å². The van der Waals surface area contributed by atoms with E-state index in [9.17, 15) is 19.7 Å². The van der Waals surface area contributed by atoms with Crippen LogP contribution in [0.2, 0.25) is 0 Å². The van der Waals surface area contributed by atoms with Crippen LogP contribution in [-0.2, 0) is 9.53 Å². The lowest BCUT2D eigenvalue weighted by Crippen LogP contribution is -2.31. The Labute approximate surface area is 186 Å². The van der Waals surface area contributed by atoms with Gasteiger partial charge < -0.3 is 15.0 Å². The second kappa shape index (κ2) is 8.60. The van der Waals surface area contributed by atoms with Gasteiger partial charge in [-0.3, -0.25) is 19.9 Å². The molecule has 32 heavy (non-hydrogen) atoms. The fourth-order valence-corrected chi connectivity index (χ4v) is 3.96. The second-order valence-electron chi connectivity index (χ2n) is 6.98. The van der Waals surface area contributed by atoms with E-state index >= 15 is 0 Å². The average molecular weight is 450 g/mol. The predicted octanol–water partition coefficient (Wildman–Crippen LogP) is 3.87. The number of carbonyl (C=O) groups excluding carboxylic acids is 1. The van der Waals surface area contributed by atoms with E-state index < -0.39 is 22.4 Å². The standard InChI is InChI=1S/C22H18N4O5S/c1-2-31-21(28)16-15(13-9-6-10-14(11-13)26(29)30)17-19(24-22(32)25-20(17)27)23-18(16)12-7-4-3-5-8-12/h3-11,15H,2H2,1H3,(H3,23,24,25,27,32). The number of carbonyl (C=O) groups is 1. The van der Waals surface area contributed by atoms with Crippen LogP contribution in [0.25, 0.3) is 5.70 Å². The molecule has 9 nitrogen and oxygen atoms in total. The molecule has 0 spiro atoms. The fraction of sp³-hybridized carbons (Fsp3) is 0.136. The summed E-state index contributed by atoms with van der Waals surface area (Å²) in [6.07, 6.45) is 0. The fourth-order valence-electron chi connectivity index (χ4n) is 3.76. The van der Waals surface area contributed by atoms with E-state index in [2.05, 4.69) is 15.3 Å². The minimum atomic E-state index is -0.934. The van der Waals surface area contributed by atoms with Gasteiger partial charge in [0.25, 0.3) is 11.2 Å². The monoisotopic (exact) mass is 450 g/mol. The van der Waals surface area contributed by atoms with Crippen molar-refractivity contribution in [2.75, 3.05) is 11.9 Å². The summed E-state index contributed by atoms with van der Waals surface area (Å²) >= 11 is 5.13. The first-order valence-electron chi connectivity index (χ1n) is 9.75. The highest BCUT2D eigenvalue weighted by molar-refractivity contribution is 7.71. The van der Waals surface area contributed by atoms with Gasteiger partial charge >= 0.3 is 5.97 Å². The third-order valence-electron chi connectivity index (χ3n) is 5.05. The molecule has 0 radical (unpaired) electrons. The van der Waals surface area contributed by atoms with Crippen molar-refractivity contribution >= 4 is 35.4 Å². The Morgan fingerprint density at radius 2 is 1.91 bits per heavy atom. The van der Waals surface area contributed by atoms with Crippen molar-refractivity contribution in [2.24, 2.45) is 0 Å². The van der Waals surface area contributed by atoms with E-state index in [1.165, 1.54) is 18.2 Å². The third kappa shape index (κ3) is 3.83. The van der Waals surface area contributed by atoms with Crippen molar-refractivity contribution in [1.82, 2.24) is 9.97 Å². The summed E-state index contributed by atoms with van der Waals surface area (Å²) in [5, 5.41) is 14.5. The Kier molecular flexibility index (Phi) is 5.69. The van der Waals surface area contributed by atoms with Gasteiger partial charge in [-0.2, -0.15) is 0 Å². The topological polar surface area (TPSA) is 130 Å². The smallest absolute Gasteiger partial charge is 0.337 e. The van der Waals surface area contributed by atoms with Crippen LogP contribution in [0.5, 0.6) is 0 Å². The van der Waals surface area contributed by atoms with Gasteiger partial charge in [-0.05, 0) is 30.3 Å². The van der Waals surface area contributed by atoms with Crippen molar-refractivity contribution in [1.29, 1.82) is 0 Å². The SMILES string of the molecule is CCOC(=O)C1=C(c2ccccc2)Nc2[nH]c(=S)[nH]c(=O)c2C1c1cccc([N+](=O)[O-])c1. The summed E-state index contributed by atoms with van der Waals surface area (Å²) in [6, 6.07) is 14.9. The number of aromatic nitrogens is 2. The molecule has 0 fully saturated rings. The number of ether oxygens (including phenoxy) is 1. The number of aromatic amines is 2. The Hall–Kier alpha value is -4.05. The molecule has 0 saturated heterocycles. The molecule has 0 amide bonds. The predicted molar refractivity (Wildman–Crippen MR) is 121 cm³/mol. The summed E-state index contributed by atoms with van der Waals surface area (Å²) in [7, 11) is 0. The Balaban J connectivity index is 2.08. The molecule has 1 aromatic heterocycles. The molecule has 0 saturated carbocycles. The highest BCUT2D eigenvalue weighted by Crippen LogP contribution is 2.43. The van der Waals surface area contributed by atoms with Crippen LogP contribution in [0.15, 0.2) is 65.0 Å². The number of rotatable bonds is 5. The molecule has 1 aliphatic heterocycles. The lowest BCUT2D eigenvalue weighted by Gasteiger charge is -2.30. The second-order valence-corrected chi connectivity index (χ2v) is 7.39. The molecule has 1 unspecified atom stereocenters. The van der Waals surface area contributed by atoms with E-state index in [-0.39, 0.29) is 28.2 Å². The van der Waals surface area contributed by atoms with Crippen LogP contribution in [0.4, 0.5) is 11.5 Å². The van der Waals surface area contributed by atoms with Crippen molar-refractivity contribution < 1.29 is 14.5 Å². The molecule has 162 valence electrons. The number of hydrogen-bond donors (Lipinski definition) is 3. The molecular weight excluding hydrogens is 432 g/mol. The minimum Gasteiger partial charge on any atom is -0.463 e. The number of nitro groups is 1. The molecule has 2 aromatic carbocycles. The lowest BCUT2D eigenvalue weighted by atomic mass is 9.81. The van der Waals surface area contributed by atoms with Gasteiger partial charge in [0.05, 0.1) is 34.3 Å². The molecule has 1 atom stereocenters. The van der Waals surface area contributed by atoms with Crippen molar-refractivity contribution in [3.8, 4) is 0 Å². The van der Waals surface area contributed by atoms with Gasteiger partial charge in [-0.15, -0.1) is 0 Å². The number of non-ortho nitro benzene ring substituents is 1. The van der Waals surface area contributed by atoms with Gasteiger partial charge in [-0.25, -0.2) is 4.79 Å². The minimum absolute atomic E-state index is 0.103. The molecule has 0 bridgehead atoms. The molecule has 4 rings (SSSR count). The number of nitro benzene ring substituents is 1. The van der Waals surface area contributed by atoms with Gasteiger partial charge in [0, 0.05) is 12.1 Å². The molecular formula is C22H18N4O5S. The maximum absolute atomic E-state index is 13.2. The summed E-state index contributed by atoms with van der Waals surface area (Å²) in [4.78, 5) is 42.5. The highest BCUT2D eigenvalue weighted by Gasteiger charge is 2.38. The maximum atomic E-state index is 13.2. The Morgan fingerprint density at radius 3 is 2.59 bits per heavy atom. The molecule has 10 heteroatoms. The van der Waals surface area contributed by atoms with E-state index in [0.29, 0.717) is 22.6 Å². The van der Waals surface area contributed by atoms with E-state index in [1.807, 2.05) is 18.2 Å². The number of esters is 1. The largest absolute Gasteiger partial charge is 0.463 e. The van der Waals surface area contributed by atoms with Crippen molar-refractivity contribution in [2.45, 2.75) is 12.8 Å². The van der Waals surface area contributed by atoms with Crippen LogP contribution in [0.3, 0.4) is 0 Å². The number of nitrogens with one attached hydrogen (secondary N) is 3. The third-order valence-corrected chi connectivity index (χ3v) is 5.25. The zero-order valence-corrected chi connectivity index (χ0v) is 17.7. The van der Waals surface area contributed by atoms with Crippen LogP contribution >= 0.6 is 12.2 Å². The van der Waals surface area contributed by atoms with E-state index in [1.54, 1.807) is 25.1 Å². The normalized spacial score (nSPS) is 15.0. The average Bonchev–Trinajstić information content (AvgIpc) is 2.78. The van der Waals surface area contributed by atoms with Gasteiger partial charge in [-0.1, -0.05) is 42.5 Å². The number of nitrogens with zero attached hydrogens (tertiary/aromatic N) is 1. The molecule has 0 aliphatic carbocycles. The van der Waals surface area contributed by atoms with Gasteiger partial charge in [0.1, 0.15) is 5.82 Å². The number of benzene rings is 2. The molecule has 1 aliphatic rings. The molecule has 3 N–H and O–H groups in total. The summed E-state index contributed by atoms with van der Waals surface area (Å²) in [5.74, 6) is -1.26. The first-order chi connectivity index (χ1) is 15.4.